The molecule has 0 aliphatic rings. The van der Waals surface area contributed by atoms with E-state index in [1.54, 1.807) is 13.0 Å². The summed E-state index contributed by atoms with van der Waals surface area (Å²) < 4.78 is 0. The molecule has 1 atom stereocenters. The van der Waals surface area contributed by atoms with Crippen LogP contribution in [-0.4, -0.2) is 15.3 Å². The van der Waals surface area contributed by atoms with Gasteiger partial charge in [-0.25, -0.2) is 0 Å². The van der Waals surface area contributed by atoms with Crippen molar-refractivity contribution in [3.05, 3.63) is 11.8 Å². The number of aromatic nitrogens is 2. The van der Waals surface area contributed by atoms with Crippen molar-refractivity contribution in [1.82, 2.24) is 10.2 Å². The van der Waals surface area contributed by atoms with Gasteiger partial charge in [-0.05, 0) is 6.92 Å². The number of aliphatic hydroxyl groups is 1. The number of nitrogen functional groups attached to an aromatic ring is 1. The van der Waals surface area contributed by atoms with E-state index in [0.29, 0.717) is 11.5 Å². The van der Waals surface area contributed by atoms with E-state index in [9.17, 15) is 0 Å². The second-order valence-corrected chi connectivity index (χ2v) is 1.92. The summed E-state index contributed by atoms with van der Waals surface area (Å²) in [6.07, 6.45) is -0.543. The molecule has 0 saturated heterocycles. The molecule has 0 fully saturated rings. The summed E-state index contributed by atoms with van der Waals surface area (Å²) >= 11 is 0. The average molecular weight is 127 g/mol. The number of hydrogen-bond acceptors (Lipinski definition) is 3. The molecule has 1 aromatic rings. The largest absolute Gasteiger partial charge is 0.387 e. The van der Waals surface area contributed by atoms with Crippen LogP contribution < -0.4 is 5.73 Å². The second kappa shape index (κ2) is 2.06. The molecule has 0 radical (unpaired) electrons. The molecule has 1 aromatic heterocycles. The summed E-state index contributed by atoms with van der Waals surface area (Å²) in [6, 6.07) is 1.60. The molecule has 0 spiro atoms. The van der Waals surface area contributed by atoms with Gasteiger partial charge in [0, 0.05) is 6.07 Å². The summed E-state index contributed by atoms with van der Waals surface area (Å²) in [5.74, 6) is 0.478. The van der Waals surface area contributed by atoms with E-state index in [4.69, 9.17) is 10.8 Å². The molecule has 0 aliphatic heterocycles. The molecule has 0 aromatic carbocycles. The van der Waals surface area contributed by atoms with Crippen LogP contribution in [0.15, 0.2) is 6.07 Å². The summed E-state index contributed by atoms with van der Waals surface area (Å²) in [4.78, 5) is 0. The summed E-state index contributed by atoms with van der Waals surface area (Å²) in [6.45, 7) is 1.63. The molecule has 4 heteroatoms. The van der Waals surface area contributed by atoms with Gasteiger partial charge in [-0.15, -0.1) is 0 Å². The topological polar surface area (TPSA) is 74.9 Å². The van der Waals surface area contributed by atoms with E-state index in [-0.39, 0.29) is 0 Å². The zero-order chi connectivity index (χ0) is 6.85. The number of anilines is 1. The second-order valence-electron chi connectivity index (χ2n) is 1.92. The first-order valence-electron chi connectivity index (χ1n) is 2.69. The van der Waals surface area contributed by atoms with Crippen LogP contribution in [0.4, 0.5) is 5.82 Å². The zero-order valence-corrected chi connectivity index (χ0v) is 5.13. The lowest BCUT2D eigenvalue weighted by Crippen LogP contribution is -1.89. The lowest BCUT2D eigenvalue weighted by Gasteiger charge is -1.93. The number of aliphatic hydroxyl groups excluding tert-OH is 1. The Morgan fingerprint density at radius 3 is 2.78 bits per heavy atom. The Bertz CT molecular complexity index is 194. The van der Waals surface area contributed by atoms with E-state index in [0.717, 1.165) is 0 Å². The van der Waals surface area contributed by atoms with Crippen LogP contribution in [0.25, 0.3) is 0 Å². The molecular formula is C5H9N3O. The van der Waals surface area contributed by atoms with Crippen molar-refractivity contribution in [2.45, 2.75) is 13.0 Å². The van der Waals surface area contributed by atoms with Gasteiger partial charge in [0.1, 0.15) is 5.82 Å². The Hall–Kier alpha value is -1.03. The fourth-order valence-electron chi connectivity index (χ4n) is 0.567. The Morgan fingerprint density at radius 2 is 2.56 bits per heavy atom. The van der Waals surface area contributed by atoms with Crippen LogP contribution in [0.5, 0.6) is 0 Å². The lowest BCUT2D eigenvalue weighted by atomic mass is 10.3. The van der Waals surface area contributed by atoms with E-state index < -0.39 is 6.10 Å². The maximum atomic E-state index is 8.90. The third kappa shape index (κ3) is 1.20. The minimum atomic E-state index is -0.543. The van der Waals surface area contributed by atoms with Gasteiger partial charge in [0.2, 0.25) is 0 Å². The Kier molecular flexibility index (Phi) is 1.40. The molecule has 0 saturated carbocycles. The van der Waals surface area contributed by atoms with E-state index in [1.165, 1.54) is 0 Å². The highest BCUT2D eigenvalue weighted by atomic mass is 16.3. The van der Waals surface area contributed by atoms with Crippen LogP contribution in [0.1, 0.15) is 18.7 Å². The monoisotopic (exact) mass is 127 g/mol. The van der Waals surface area contributed by atoms with Crippen molar-refractivity contribution in [2.24, 2.45) is 0 Å². The van der Waals surface area contributed by atoms with Crippen molar-refractivity contribution in [3.63, 3.8) is 0 Å². The number of nitrogens with zero attached hydrogens (tertiary/aromatic N) is 1. The van der Waals surface area contributed by atoms with Crippen LogP contribution in [-0.2, 0) is 0 Å². The maximum absolute atomic E-state index is 8.90. The maximum Gasteiger partial charge on any atom is 0.119 e. The number of H-pyrrole nitrogens is 1. The predicted molar refractivity (Wildman–Crippen MR) is 33.6 cm³/mol. The standard InChI is InChI=1S/C5H9N3O/c1-3(9)4-2-5(6)8-7-4/h2-3,9H,1H3,(H3,6,7,8). The minimum absolute atomic E-state index is 0.478. The number of aromatic amines is 1. The minimum Gasteiger partial charge on any atom is -0.387 e. The molecule has 9 heavy (non-hydrogen) atoms. The van der Waals surface area contributed by atoms with Gasteiger partial charge in [0.05, 0.1) is 11.8 Å². The molecule has 50 valence electrons. The first-order valence-corrected chi connectivity index (χ1v) is 2.69. The van der Waals surface area contributed by atoms with Gasteiger partial charge in [-0.3, -0.25) is 5.10 Å². The van der Waals surface area contributed by atoms with Crippen molar-refractivity contribution < 1.29 is 5.11 Å². The zero-order valence-electron chi connectivity index (χ0n) is 5.13. The van der Waals surface area contributed by atoms with E-state index >= 15 is 0 Å². The number of hydrogen-bond donors (Lipinski definition) is 3. The van der Waals surface area contributed by atoms with Gasteiger partial charge in [-0.1, -0.05) is 0 Å². The van der Waals surface area contributed by atoms with Gasteiger partial charge >= 0.3 is 0 Å². The fourth-order valence-corrected chi connectivity index (χ4v) is 0.567. The third-order valence-electron chi connectivity index (χ3n) is 1.05. The normalized spacial score (nSPS) is 13.6. The Balaban J connectivity index is 2.85. The summed E-state index contributed by atoms with van der Waals surface area (Å²) in [5.41, 5.74) is 5.86. The first kappa shape index (κ1) is 6.10. The molecule has 4 nitrogen and oxygen atoms in total. The SMILES string of the molecule is CC(O)c1cc(N)[nH]n1. The highest BCUT2D eigenvalue weighted by molar-refractivity contribution is 5.28. The molecule has 4 N–H and O–H groups in total. The quantitative estimate of drug-likeness (QED) is 0.498. The molecule has 0 aliphatic carbocycles. The summed E-state index contributed by atoms with van der Waals surface area (Å²) in [5, 5.41) is 15.1. The molecule has 1 heterocycles. The summed E-state index contributed by atoms with van der Waals surface area (Å²) in [7, 11) is 0. The predicted octanol–water partition coefficient (Wildman–Crippen LogP) is 0.0452. The van der Waals surface area contributed by atoms with Gasteiger partial charge in [0.15, 0.2) is 0 Å². The van der Waals surface area contributed by atoms with Crippen LogP contribution in [0, 0.1) is 0 Å². The van der Waals surface area contributed by atoms with Crippen molar-refractivity contribution in [1.29, 1.82) is 0 Å². The fraction of sp³-hybridized carbons (Fsp3) is 0.400. The lowest BCUT2D eigenvalue weighted by molar-refractivity contribution is 0.194. The van der Waals surface area contributed by atoms with E-state index in [2.05, 4.69) is 10.2 Å². The number of nitrogens with one attached hydrogen (secondary N) is 1. The molecule has 0 amide bonds. The first-order chi connectivity index (χ1) is 4.20. The van der Waals surface area contributed by atoms with Crippen LogP contribution in [0.2, 0.25) is 0 Å². The smallest absolute Gasteiger partial charge is 0.119 e. The van der Waals surface area contributed by atoms with Crippen LogP contribution >= 0.6 is 0 Å². The highest BCUT2D eigenvalue weighted by Crippen LogP contribution is 2.09. The van der Waals surface area contributed by atoms with Crippen molar-refractivity contribution in [2.75, 3.05) is 5.73 Å². The van der Waals surface area contributed by atoms with Gasteiger partial charge in [0.25, 0.3) is 0 Å². The molecule has 1 unspecified atom stereocenters. The van der Waals surface area contributed by atoms with Gasteiger partial charge < -0.3 is 10.8 Å². The average Bonchev–Trinajstić information content (AvgIpc) is 2.14. The molecular weight excluding hydrogens is 118 g/mol. The van der Waals surface area contributed by atoms with Crippen molar-refractivity contribution in [3.8, 4) is 0 Å². The van der Waals surface area contributed by atoms with Crippen LogP contribution in [0.3, 0.4) is 0 Å². The Morgan fingerprint density at radius 1 is 1.89 bits per heavy atom. The molecule has 1 rings (SSSR count). The Labute approximate surface area is 52.7 Å². The van der Waals surface area contributed by atoms with E-state index in [1.807, 2.05) is 0 Å². The number of rotatable bonds is 1. The number of nitrogens with two attached hydrogens (primary N) is 1. The highest BCUT2D eigenvalue weighted by Gasteiger charge is 2.02. The van der Waals surface area contributed by atoms with Gasteiger partial charge in [-0.2, -0.15) is 5.10 Å². The molecule has 0 bridgehead atoms. The third-order valence-corrected chi connectivity index (χ3v) is 1.05. The van der Waals surface area contributed by atoms with Crippen molar-refractivity contribution >= 4 is 5.82 Å².